The fourth-order valence-corrected chi connectivity index (χ4v) is 3.74. The van der Waals surface area contributed by atoms with Gasteiger partial charge in [0.2, 0.25) is 5.95 Å². The molecule has 1 aromatic heterocycles. The Morgan fingerprint density at radius 3 is 2.60 bits per heavy atom. The van der Waals surface area contributed by atoms with E-state index in [4.69, 9.17) is 20.2 Å². The van der Waals surface area contributed by atoms with E-state index in [0.717, 1.165) is 65.6 Å². The van der Waals surface area contributed by atoms with Crippen LogP contribution in [0, 0.1) is 0 Å². The van der Waals surface area contributed by atoms with Crippen LogP contribution in [-0.4, -0.2) is 34.3 Å². The van der Waals surface area contributed by atoms with Gasteiger partial charge in [-0.3, -0.25) is 0 Å². The Labute approximate surface area is 179 Å². The molecule has 9 heteroatoms. The molecule has 8 nitrogen and oxygen atoms in total. The van der Waals surface area contributed by atoms with Crippen LogP contribution in [-0.2, 0) is 9.32 Å². The van der Waals surface area contributed by atoms with Crippen molar-refractivity contribution in [2.24, 2.45) is 5.90 Å². The molecule has 1 saturated heterocycles. The maximum Gasteiger partial charge on any atom is 0.229 e. The van der Waals surface area contributed by atoms with Crippen LogP contribution < -0.4 is 16.1 Å². The number of aliphatic hydroxyl groups is 1. The number of rotatable bonds is 7. The number of nitrogens with one attached hydrogen (secondary N) is 1. The summed E-state index contributed by atoms with van der Waals surface area (Å²) in [6.07, 6.45) is 1.22. The van der Waals surface area contributed by atoms with Crippen molar-refractivity contribution in [2.75, 3.05) is 23.3 Å². The molecule has 4 rings (SSSR count). The molecule has 0 unspecified atom stereocenters. The lowest BCUT2D eigenvalue weighted by Crippen LogP contribution is -2.36. The molecule has 0 bridgehead atoms. The molecule has 0 aliphatic carbocycles. The summed E-state index contributed by atoms with van der Waals surface area (Å²) in [7, 11) is 0. The van der Waals surface area contributed by atoms with Crippen LogP contribution in [0.5, 0.6) is 0 Å². The van der Waals surface area contributed by atoms with E-state index < -0.39 is 0 Å². The topological polar surface area (TPSA) is 106 Å². The third-order valence-electron chi connectivity index (χ3n) is 4.83. The molecule has 1 fully saturated rings. The molecule has 4 N–H and O–H groups in total. The van der Waals surface area contributed by atoms with Crippen molar-refractivity contribution in [1.29, 1.82) is 0 Å². The molecular formula is C21H23N5O3S. The summed E-state index contributed by atoms with van der Waals surface area (Å²) in [5.74, 6) is 6.24. The van der Waals surface area contributed by atoms with Crippen molar-refractivity contribution in [3.05, 3.63) is 60.7 Å². The number of nitrogens with zero attached hydrogens (tertiary/aromatic N) is 3. The van der Waals surface area contributed by atoms with E-state index in [2.05, 4.69) is 15.2 Å². The molecule has 0 atom stereocenters. The standard InChI is InChI=1S/C21H23N5O3S/c22-28-29-30-18-8-4-7-16(13-18)23-21-24-19(15-5-2-1-3-6-15)14-20(25-21)26-11-9-17(27)10-12-26/h1-8,13-14,17,27H,9-12,22H2,(H,23,24,25). The Hall–Kier alpha value is -2.69. The van der Waals surface area contributed by atoms with Gasteiger partial charge in [-0.05, 0) is 31.0 Å². The van der Waals surface area contributed by atoms with E-state index >= 15 is 0 Å². The molecule has 1 aliphatic heterocycles. The second kappa shape index (κ2) is 9.88. The molecule has 30 heavy (non-hydrogen) atoms. The third-order valence-corrected chi connectivity index (χ3v) is 5.42. The predicted molar refractivity (Wildman–Crippen MR) is 117 cm³/mol. The van der Waals surface area contributed by atoms with Gasteiger partial charge in [0.05, 0.1) is 23.8 Å². The van der Waals surface area contributed by atoms with Gasteiger partial charge in [0.1, 0.15) is 5.82 Å². The van der Waals surface area contributed by atoms with Gasteiger partial charge in [-0.15, -0.1) is 9.32 Å². The zero-order chi connectivity index (χ0) is 20.8. The minimum atomic E-state index is -0.241. The highest BCUT2D eigenvalue weighted by Gasteiger charge is 2.20. The molecule has 0 spiro atoms. The molecular weight excluding hydrogens is 402 g/mol. The molecule has 0 radical (unpaired) electrons. The van der Waals surface area contributed by atoms with Crippen LogP contribution in [0.3, 0.4) is 0 Å². The van der Waals surface area contributed by atoms with Crippen molar-refractivity contribution in [1.82, 2.24) is 9.97 Å². The number of benzene rings is 2. The second-order valence-corrected chi connectivity index (χ2v) is 7.69. The Balaban J connectivity index is 1.64. The van der Waals surface area contributed by atoms with Crippen molar-refractivity contribution in [3.8, 4) is 11.3 Å². The fraction of sp³-hybridized carbons (Fsp3) is 0.238. The number of piperidine rings is 1. The van der Waals surface area contributed by atoms with E-state index in [0.29, 0.717) is 5.95 Å². The monoisotopic (exact) mass is 425 g/mol. The zero-order valence-electron chi connectivity index (χ0n) is 16.3. The molecule has 3 aromatic rings. The summed E-state index contributed by atoms with van der Waals surface area (Å²) in [5.41, 5.74) is 2.66. The smallest absolute Gasteiger partial charge is 0.229 e. The van der Waals surface area contributed by atoms with Gasteiger partial charge in [-0.1, -0.05) is 36.4 Å². The van der Waals surface area contributed by atoms with E-state index in [-0.39, 0.29) is 6.10 Å². The van der Waals surface area contributed by atoms with Crippen molar-refractivity contribution in [2.45, 2.75) is 23.8 Å². The van der Waals surface area contributed by atoms with E-state index in [1.165, 1.54) is 0 Å². The molecule has 0 saturated carbocycles. The molecule has 2 aromatic carbocycles. The minimum Gasteiger partial charge on any atom is -0.393 e. The number of nitrogens with two attached hydrogens (primary N) is 1. The molecule has 156 valence electrons. The summed E-state index contributed by atoms with van der Waals surface area (Å²) in [6.45, 7) is 1.52. The first kappa shape index (κ1) is 20.6. The quantitative estimate of drug-likeness (QED) is 0.297. The van der Waals surface area contributed by atoms with Gasteiger partial charge in [0.25, 0.3) is 0 Å². The highest BCUT2D eigenvalue weighted by molar-refractivity contribution is 7.94. The van der Waals surface area contributed by atoms with Crippen LogP contribution in [0.2, 0.25) is 0 Å². The summed E-state index contributed by atoms with van der Waals surface area (Å²) in [6, 6.07) is 19.6. The van der Waals surface area contributed by atoms with E-state index in [9.17, 15) is 5.11 Å². The van der Waals surface area contributed by atoms with Gasteiger partial charge in [0.15, 0.2) is 0 Å². The van der Waals surface area contributed by atoms with Crippen LogP contribution in [0.15, 0.2) is 65.6 Å². The van der Waals surface area contributed by atoms with Crippen LogP contribution >= 0.6 is 12.0 Å². The van der Waals surface area contributed by atoms with Crippen LogP contribution in [0.1, 0.15) is 12.8 Å². The summed E-state index contributed by atoms with van der Waals surface area (Å²) >= 11 is 1.01. The van der Waals surface area contributed by atoms with Gasteiger partial charge >= 0.3 is 0 Å². The van der Waals surface area contributed by atoms with Crippen LogP contribution in [0.25, 0.3) is 11.3 Å². The van der Waals surface area contributed by atoms with E-state index in [1.807, 2.05) is 60.7 Å². The van der Waals surface area contributed by atoms with Crippen molar-refractivity contribution in [3.63, 3.8) is 0 Å². The number of anilines is 3. The maximum absolute atomic E-state index is 9.84. The number of aliphatic hydroxyl groups excluding tert-OH is 1. The SMILES string of the molecule is NOOSc1cccc(Nc2nc(-c3ccccc3)cc(N3CCC(O)CC3)n2)c1. The van der Waals surface area contributed by atoms with Gasteiger partial charge in [0, 0.05) is 35.3 Å². The first-order chi connectivity index (χ1) is 14.7. The lowest BCUT2D eigenvalue weighted by molar-refractivity contribution is -0.195. The number of hydrogen-bond acceptors (Lipinski definition) is 9. The maximum atomic E-state index is 9.84. The zero-order valence-corrected chi connectivity index (χ0v) is 17.1. The Morgan fingerprint density at radius 1 is 1.03 bits per heavy atom. The average molecular weight is 426 g/mol. The fourth-order valence-electron chi connectivity index (χ4n) is 3.32. The van der Waals surface area contributed by atoms with Gasteiger partial charge in [-0.2, -0.15) is 10.9 Å². The van der Waals surface area contributed by atoms with E-state index in [1.54, 1.807) is 0 Å². The van der Waals surface area contributed by atoms with Crippen molar-refractivity contribution < 1.29 is 14.4 Å². The first-order valence-electron chi connectivity index (χ1n) is 9.66. The van der Waals surface area contributed by atoms with Crippen LogP contribution in [0.4, 0.5) is 17.5 Å². The molecule has 0 amide bonds. The van der Waals surface area contributed by atoms with Gasteiger partial charge in [-0.25, -0.2) is 4.98 Å². The normalized spacial score (nSPS) is 14.7. The molecule has 1 aliphatic rings. The Bertz CT molecular complexity index is 968. The summed E-state index contributed by atoms with van der Waals surface area (Å²) in [5, 5.41) is 13.1. The minimum absolute atomic E-state index is 0.241. The lowest BCUT2D eigenvalue weighted by atomic mass is 10.1. The third kappa shape index (κ3) is 5.26. The highest BCUT2D eigenvalue weighted by Crippen LogP contribution is 2.28. The Morgan fingerprint density at radius 2 is 1.83 bits per heavy atom. The van der Waals surface area contributed by atoms with Gasteiger partial charge < -0.3 is 15.3 Å². The second-order valence-electron chi connectivity index (χ2n) is 6.92. The first-order valence-corrected chi connectivity index (χ1v) is 10.4. The number of aromatic nitrogens is 2. The summed E-state index contributed by atoms with van der Waals surface area (Å²) in [4.78, 5) is 16.6. The Kier molecular flexibility index (Phi) is 6.77. The summed E-state index contributed by atoms with van der Waals surface area (Å²) < 4.78 is 4.72. The molecule has 2 heterocycles. The average Bonchev–Trinajstić information content (AvgIpc) is 2.79. The largest absolute Gasteiger partial charge is 0.393 e. The predicted octanol–water partition coefficient (Wildman–Crippen LogP) is 3.68. The van der Waals surface area contributed by atoms with Crippen molar-refractivity contribution >= 4 is 29.5 Å². The lowest BCUT2D eigenvalue weighted by Gasteiger charge is -2.30. The highest BCUT2D eigenvalue weighted by atomic mass is 32.2. The number of hydrogen-bond donors (Lipinski definition) is 3.